The van der Waals surface area contributed by atoms with E-state index in [-0.39, 0.29) is 11.5 Å². The Morgan fingerprint density at radius 1 is 1.21 bits per heavy atom. The first-order valence-corrected chi connectivity index (χ1v) is 7.47. The van der Waals surface area contributed by atoms with Crippen molar-refractivity contribution < 1.29 is 19.4 Å². The van der Waals surface area contributed by atoms with Gasteiger partial charge in [-0.15, -0.1) is 0 Å². The van der Waals surface area contributed by atoms with Crippen LogP contribution >= 0.6 is 0 Å². The highest BCUT2D eigenvalue weighted by atomic mass is 16.5. The Kier molecular flexibility index (Phi) is 5.52. The van der Waals surface area contributed by atoms with E-state index < -0.39 is 5.97 Å². The second kappa shape index (κ2) is 7.59. The number of methoxy groups -OCH3 is 2. The average molecular weight is 328 g/mol. The van der Waals surface area contributed by atoms with Gasteiger partial charge < -0.3 is 14.6 Å². The van der Waals surface area contributed by atoms with Crippen molar-refractivity contribution in [1.29, 1.82) is 0 Å². The molecule has 0 saturated heterocycles. The molecule has 6 heteroatoms. The number of para-hydroxylation sites is 1. The van der Waals surface area contributed by atoms with Crippen molar-refractivity contribution in [3.63, 3.8) is 0 Å². The van der Waals surface area contributed by atoms with Crippen LogP contribution in [0.3, 0.4) is 0 Å². The molecule has 1 heterocycles. The molecule has 0 fully saturated rings. The standard InChI is InChI=1S/C18H20N2O4/c1-11(2)16-13(18(21)22)10-19-15(20-16)9-8-12-6-5-7-14(23-3)17(12)24-4/h5-11H,1-4H3,(H,21,22)/b9-8-. The van der Waals surface area contributed by atoms with E-state index in [0.29, 0.717) is 23.0 Å². The quantitative estimate of drug-likeness (QED) is 0.874. The molecule has 0 amide bonds. The van der Waals surface area contributed by atoms with Gasteiger partial charge in [-0.1, -0.05) is 26.0 Å². The molecule has 126 valence electrons. The van der Waals surface area contributed by atoms with E-state index in [2.05, 4.69) is 9.97 Å². The summed E-state index contributed by atoms with van der Waals surface area (Å²) in [6.07, 6.45) is 4.86. The second-order valence-corrected chi connectivity index (χ2v) is 5.40. The van der Waals surface area contributed by atoms with E-state index in [1.165, 1.54) is 6.20 Å². The van der Waals surface area contributed by atoms with Gasteiger partial charge in [-0.3, -0.25) is 0 Å². The summed E-state index contributed by atoms with van der Waals surface area (Å²) in [6.45, 7) is 3.79. The zero-order valence-electron chi connectivity index (χ0n) is 14.1. The zero-order chi connectivity index (χ0) is 17.7. The Balaban J connectivity index is 2.40. The van der Waals surface area contributed by atoms with Gasteiger partial charge in [0.25, 0.3) is 0 Å². The minimum Gasteiger partial charge on any atom is -0.493 e. The van der Waals surface area contributed by atoms with Crippen LogP contribution in [0.5, 0.6) is 11.5 Å². The lowest BCUT2D eigenvalue weighted by molar-refractivity contribution is 0.0694. The fourth-order valence-electron chi connectivity index (χ4n) is 2.30. The molecule has 0 atom stereocenters. The molecule has 24 heavy (non-hydrogen) atoms. The predicted octanol–water partition coefficient (Wildman–Crippen LogP) is 3.49. The lowest BCUT2D eigenvalue weighted by Crippen LogP contribution is -2.08. The fourth-order valence-corrected chi connectivity index (χ4v) is 2.30. The summed E-state index contributed by atoms with van der Waals surface area (Å²) in [4.78, 5) is 19.7. The maximum Gasteiger partial charge on any atom is 0.339 e. The molecule has 1 aromatic carbocycles. The molecule has 1 aromatic heterocycles. The van der Waals surface area contributed by atoms with Crippen LogP contribution in [-0.2, 0) is 0 Å². The number of ether oxygens (including phenoxy) is 2. The van der Waals surface area contributed by atoms with E-state index in [1.807, 2.05) is 32.0 Å². The topological polar surface area (TPSA) is 81.5 Å². The molecule has 0 bridgehead atoms. The minimum atomic E-state index is -1.02. The van der Waals surface area contributed by atoms with Crippen molar-refractivity contribution in [2.45, 2.75) is 19.8 Å². The summed E-state index contributed by atoms with van der Waals surface area (Å²) in [5, 5.41) is 9.21. The first-order chi connectivity index (χ1) is 11.5. The van der Waals surface area contributed by atoms with Gasteiger partial charge in [-0.05, 0) is 24.1 Å². The Morgan fingerprint density at radius 3 is 2.54 bits per heavy atom. The molecule has 0 aliphatic heterocycles. The molecule has 0 radical (unpaired) electrons. The van der Waals surface area contributed by atoms with Crippen molar-refractivity contribution >= 4 is 18.1 Å². The van der Waals surface area contributed by atoms with Crippen LogP contribution in [0.2, 0.25) is 0 Å². The highest BCUT2D eigenvalue weighted by Crippen LogP contribution is 2.31. The Hall–Kier alpha value is -2.89. The fraction of sp³-hybridized carbons (Fsp3) is 0.278. The number of rotatable bonds is 6. The molecular formula is C18H20N2O4. The summed E-state index contributed by atoms with van der Waals surface area (Å²) < 4.78 is 10.6. The van der Waals surface area contributed by atoms with Crippen LogP contribution < -0.4 is 9.47 Å². The molecule has 1 N–H and O–H groups in total. The minimum absolute atomic E-state index is 0.0161. The van der Waals surface area contributed by atoms with Gasteiger partial charge in [0, 0.05) is 11.8 Å². The van der Waals surface area contributed by atoms with E-state index in [1.54, 1.807) is 26.4 Å². The number of benzene rings is 1. The highest BCUT2D eigenvalue weighted by Gasteiger charge is 2.15. The first-order valence-electron chi connectivity index (χ1n) is 7.47. The largest absolute Gasteiger partial charge is 0.493 e. The molecule has 0 aliphatic carbocycles. The third-order valence-electron chi connectivity index (χ3n) is 3.46. The number of hydrogen-bond donors (Lipinski definition) is 1. The van der Waals surface area contributed by atoms with Crippen molar-refractivity contribution in [2.75, 3.05) is 14.2 Å². The van der Waals surface area contributed by atoms with Gasteiger partial charge in [-0.2, -0.15) is 0 Å². The predicted molar refractivity (Wildman–Crippen MR) is 91.6 cm³/mol. The molecular weight excluding hydrogens is 308 g/mol. The third kappa shape index (κ3) is 3.71. The number of aromatic nitrogens is 2. The van der Waals surface area contributed by atoms with Crippen LogP contribution in [-0.4, -0.2) is 35.3 Å². The molecule has 0 spiro atoms. The first kappa shape index (κ1) is 17.5. The summed E-state index contributed by atoms with van der Waals surface area (Å²) >= 11 is 0. The third-order valence-corrected chi connectivity index (χ3v) is 3.46. The van der Waals surface area contributed by atoms with Crippen LogP contribution in [0.1, 0.15) is 47.2 Å². The molecule has 0 saturated carbocycles. The van der Waals surface area contributed by atoms with Crippen LogP contribution in [0.25, 0.3) is 12.2 Å². The Bertz CT molecular complexity index is 770. The summed E-state index contributed by atoms with van der Waals surface area (Å²) in [5.74, 6) is 0.641. The highest BCUT2D eigenvalue weighted by molar-refractivity contribution is 5.88. The molecule has 6 nitrogen and oxygen atoms in total. The van der Waals surface area contributed by atoms with Crippen molar-refractivity contribution in [1.82, 2.24) is 9.97 Å². The molecule has 0 aliphatic rings. The van der Waals surface area contributed by atoms with Crippen molar-refractivity contribution in [3.8, 4) is 11.5 Å². The monoisotopic (exact) mass is 328 g/mol. The maximum atomic E-state index is 11.2. The number of hydrogen-bond acceptors (Lipinski definition) is 5. The van der Waals surface area contributed by atoms with Gasteiger partial charge in [0.1, 0.15) is 0 Å². The molecule has 2 aromatic rings. The van der Waals surface area contributed by atoms with Crippen LogP contribution in [0.4, 0.5) is 0 Å². The smallest absolute Gasteiger partial charge is 0.339 e. The average Bonchev–Trinajstić information content (AvgIpc) is 2.58. The number of carboxylic acid groups (broad SMARTS) is 1. The molecule has 0 unspecified atom stereocenters. The normalized spacial score (nSPS) is 11.0. The van der Waals surface area contributed by atoms with Crippen LogP contribution in [0, 0.1) is 0 Å². The van der Waals surface area contributed by atoms with E-state index in [9.17, 15) is 9.90 Å². The SMILES string of the molecule is COc1cccc(/C=C\c2ncc(C(=O)O)c(C(C)C)n2)c1OC. The van der Waals surface area contributed by atoms with Gasteiger partial charge >= 0.3 is 5.97 Å². The summed E-state index contributed by atoms with van der Waals surface area (Å²) in [5.41, 5.74) is 1.45. The van der Waals surface area contributed by atoms with Gasteiger partial charge in [-0.25, -0.2) is 14.8 Å². The van der Waals surface area contributed by atoms with Crippen LogP contribution in [0.15, 0.2) is 24.4 Å². The van der Waals surface area contributed by atoms with E-state index in [0.717, 1.165) is 5.56 Å². The van der Waals surface area contributed by atoms with E-state index >= 15 is 0 Å². The van der Waals surface area contributed by atoms with Gasteiger partial charge in [0.05, 0.1) is 25.5 Å². The molecule has 2 rings (SSSR count). The number of carbonyl (C=O) groups is 1. The zero-order valence-corrected chi connectivity index (χ0v) is 14.1. The number of carboxylic acids is 1. The number of nitrogens with zero attached hydrogens (tertiary/aromatic N) is 2. The van der Waals surface area contributed by atoms with Crippen molar-refractivity contribution in [3.05, 3.63) is 47.0 Å². The summed E-state index contributed by atoms with van der Waals surface area (Å²) in [7, 11) is 3.15. The van der Waals surface area contributed by atoms with E-state index in [4.69, 9.17) is 9.47 Å². The Morgan fingerprint density at radius 2 is 1.96 bits per heavy atom. The lowest BCUT2D eigenvalue weighted by atomic mass is 10.1. The van der Waals surface area contributed by atoms with Gasteiger partial charge in [0.15, 0.2) is 17.3 Å². The lowest BCUT2D eigenvalue weighted by Gasteiger charge is -2.10. The Labute approximate surface area is 140 Å². The maximum absolute atomic E-state index is 11.2. The number of aromatic carboxylic acids is 1. The summed E-state index contributed by atoms with van der Waals surface area (Å²) in [6, 6.07) is 5.55. The second-order valence-electron chi connectivity index (χ2n) is 5.40. The van der Waals surface area contributed by atoms with Gasteiger partial charge in [0.2, 0.25) is 0 Å². The van der Waals surface area contributed by atoms with Crippen molar-refractivity contribution in [2.24, 2.45) is 0 Å².